The number of nitrogens with one attached hydrogen (secondary N) is 1. The SMILES string of the molecule is Cc1nn(-c2ccc(C(C)(C)C)cc2)c(C)c1[C@@H]1C=C[C@@H](NS(=O)(=O)c2ccccc2)C1. The quantitative estimate of drug-likeness (QED) is 0.546. The van der Waals surface area contributed by atoms with Crippen LogP contribution < -0.4 is 4.72 Å². The number of rotatable bonds is 5. The van der Waals surface area contributed by atoms with Crippen LogP contribution in [0, 0.1) is 13.8 Å². The van der Waals surface area contributed by atoms with Gasteiger partial charge in [0.15, 0.2) is 0 Å². The fraction of sp³-hybridized carbons (Fsp3) is 0.346. The first-order valence-corrected chi connectivity index (χ1v) is 12.5. The van der Waals surface area contributed by atoms with E-state index in [2.05, 4.69) is 62.8 Å². The molecule has 1 N–H and O–H groups in total. The van der Waals surface area contributed by atoms with Crippen LogP contribution in [0.3, 0.4) is 0 Å². The lowest BCUT2D eigenvalue weighted by atomic mass is 9.87. The Morgan fingerprint density at radius 3 is 2.25 bits per heavy atom. The van der Waals surface area contributed by atoms with Crippen molar-refractivity contribution in [2.45, 2.75) is 63.3 Å². The van der Waals surface area contributed by atoms with Crippen molar-refractivity contribution in [3.05, 3.63) is 89.3 Å². The van der Waals surface area contributed by atoms with Crippen molar-refractivity contribution in [3.63, 3.8) is 0 Å². The zero-order chi connectivity index (χ0) is 23.1. The third-order valence-corrected chi connectivity index (χ3v) is 7.65. The van der Waals surface area contributed by atoms with E-state index in [0.29, 0.717) is 6.42 Å². The average Bonchev–Trinajstić information content (AvgIpc) is 3.31. The van der Waals surface area contributed by atoms with Gasteiger partial charge in [0, 0.05) is 23.2 Å². The zero-order valence-electron chi connectivity index (χ0n) is 19.3. The molecule has 0 aliphatic heterocycles. The maximum absolute atomic E-state index is 12.7. The zero-order valence-corrected chi connectivity index (χ0v) is 20.1. The van der Waals surface area contributed by atoms with Crippen molar-refractivity contribution in [1.29, 1.82) is 0 Å². The summed E-state index contributed by atoms with van der Waals surface area (Å²) >= 11 is 0. The summed E-state index contributed by atoms with van der Waals surface area (Å²) in [5.74, 6) is 0.126. The molecule has 6 heteroatoms. The Bertz CT molecular complexity index is 1230. The molecule has 3 aromatic rings. The van der Waals surface area contributed by atoms with Gasteiger partial charge in [-0.15, -0.1) is 0 Å². The average molecular weight is 450 g/mol. The maximum atomic E-state index is 12.7. The van der Waals surface area contributed by atoms with Crippen molar-refractivity contribution < 1.29 is 8.42 Å². The molecule has 0 bridgehead atoms. The summed E-state index contributed by atoms with van der Waals surface area (Å²) in [6.07, 6.45) is 4.74. The molecule has 32 heavy (non-hydrogen) atoms. The van der Waals surface area contributed by atoms with E-state index < -0.39 is 10.0 Å². The van der Waals surface area contributed by atoms with E-state index >= 15 is 0 Å². The molecule has 1 aliphatic carbocycles. The first-order chi connectivity index (χ1) is 15.1. The van der Waals surface area contributed by atoms with Gasteiger partial charge in [-0.1, -0.05) is 63.3 Å². The third-order valence-electron chi connectivity index (χ3n) is 6.14. The number of sulfonamides is 1. The summed E-state index contributed by atoms with van der Waals surface area (Å²) in [6, 6.07) is 16.8. The number of hydrogen-bond donors (Lipinski definition) is 1. The lowest BCUT2D eigenvalue weighted by Crippen LogP contribution is -2.32. The first kappa shape index (κ1) is 22.5. The van der Waals surface area contributed by atoms with Crippen LogP contribution in [0.4, 0.5) is 0 Å². The topological polar surface area (TPSA) is 64.0 Å². The largest absolute Gasteiger partial charge is 0.241 e. The molecule has 0 radical (unpaired) electrons. The Morgan fingerprint density at radius 2 is 1.62 bits per heavy atom. The van der Waals surface area contributed by atoms with Crippen molar-refractivity contribution in [1.82, 2.24) is 14.5 Å². The minimum Gasteiger partial charge on any atom is -0.238 e. The van der Waals surface area contributed by atoms with Crippen molar-refractivity contribution >= 4 is 10.0 Å². The van der Waals surface area contributed by atoms with Gasteiger partial charge in [-0.25, -0.2) is 17.8 Å². The monoisotopic (exact) mass is 449 g/mol. The molecule has 5 nitrogen and oxygen atoms in total. The second kappa shape index (κ2) is 8.34. The van der Waals surface area contributed by atoms with E-state index in [1.54, 1.807) is 24.3 Å². The van der Waals surface area contributed by atoms with E-state index in [1.807, 2.05) is 23.7 Å². The van der Waals surface area contributed by atoms with Crippen LogP contribution in [0.25, 0.3) is 5.69 Å². The second-order valence-electron chi connectivity index (χ2n) is 9.56. The van der Waals surface area contributed by atoms with Crippen LogP contribution in [0.1, 0.15) is 55.6 Å². The molecular weight excluding hydrogens is 418 g/mol. The van der Waals surface area contributed by atoms with Gasteiger partial charge in [-0.3, -0.25) is 0 Å². The highest BCUT2D eigenvalue weighted by Crippen LogP contribution is 2.34. The Balaban J connectivity index is 1.53. The normalized spacial score (nSPS) is 18.9. The van der Waals surface area contributed by atoms with Gasteiger partial charge >= 0.3 is 0 Å². The Labute approximate surface area is 191 Å². The summed E-state index contributed by atoms with van der Waals surface area (Å²) < 4.78 is 30.2. The number of allylic oxidation sites excluding steroid dienone is 1. The number of nitrogens with zero attached hydrogens (tertiary/aromatic N) is 2. The maximum Gasteiger partial charge on any atom is 0.241 e. The number of aryl methyl sites for hydroxylation is 1. The molecule has 4 rings (SSSR count). The van der Waals surface area contributed by atoms with Gasteiger partial charge in [0.25, 0.3) is 0 Å². The standard InChI is InChI=1S/C26H31N3O2S/c1-18-25(19(2)29(27-18)23-15-12-21(13-16-23)26(3,4)5)20-11-14-22(17-20)28-32(30,31)24-9-7-6-8-10-24/h6-16,20,22,28H,17H2,1-5H3/t20-,22-/m1/s1. The summed E-state index contributed by atoms with van der Waals surface area (Å²) in [4.78, 5) is 0.288. The molecule has 0 amide bonds. The lowest BCUT2D eigenvalue weighted by molar-refractivity contribution is 0.563. The van der Waals surface area contributed by atoms with E-state index in [9.17, 15) is 8.42 Å². The van der Waals surface area contributed by atoms with Gasteiger partial charge in [0.05, 0.1) is 16.3 Å². The third kappa shape index (κ3) is 4.43. The van der Waals surface area contributed by atoms with Crippen molar-refractivity contribution in [3.8, 4) is 5.69 Å². The summed E-state index contributed by atoms with van der Waals surface area (Å²) in [7, 11) is -3.55. The van der Waals surface area contributed by atoms with E-state index in [-0.39, 0.29) is 22.3 Å². The minimum absolute atomic E-state index is 0.107. The molecule has 1 aliphatic rings. The summed E-state index contributed by atoms with van der Waals surface area (Å²) in [5, 5.41) is 4.81. The van der Waals surface area contributed by atoms with Crippen molar-refractivity contribution in [2.24, 2.45) is 0 Å². The summed E-state index contributed by atoms with van der Waals surface area (Å²) in [5.41, 5.74) is 5.66. The highest BCUT2D eigenvalue weighted by molar-refractivity contribution is 7.89. The second-order valence-corrected chi connectivity index (χ2v) is 11.3. The fourth-order valence-electron chi connectivity index (χ4n) is 4.41. The van der Waals surface area contributed by atoms with Crippen LogP contribution in [0.15, 0.2) is 71.6 Å². The molecule has 0 unspecified atom stereocenters. The van der Waals surface area contributed by atoms with Crippen LogP contribution in [0.5, 0.6) is 0 Å². The fourth-order valence-corrected chi connectivity index (χ4v) is 5.64. The highest BCUT2D eigenvalue weighted by Gasteiger charge is 2.29. The van der Waals surface area contributed by atoms with Gasteiger partial charge in [-0.2, -0.15) is 5.10 Å². The van der Waals surface area contributed by atoms with E-state index in [0.717, 1.165) is 17.1 Å². The van der Waals surface area contributed by atoms with Gasteiger partial charge in [0.1, 0.15) is 0 Å². The molecule has 2 aromatic carbocycles. The highest BCUT2D eigenvalue weighted by atomic mass is 32.2. The molecule has 1 aromatic heterocycles. The molecule has 0 fully saturated rings. The van der Waals surface area contributed by atoms with Crippen molar-refractivity contribution in [2.75, 3.05) is 0 Å². The molecule has 0 saturated carbocycles. The molecule has 0 saturated heterocycles. The first-order valence-electron chi connectivity index (χ1n) is 11.0. The molecule has 2 atom stereocenters. The van der Waals surface area contributed by atoms with Gasteiger partial charge in [-0.05, 0) is 55.5 Å². The van der Waals surface area contributed by atoms with Crippen LogP contribution in [0.2, 0.25) is 0 Å². The number of benzene rings is 2. The van der Waals surface area contributed by atoms with Crippen LogP contribution in [-0.4, -0.2) is 24.2 Å². The molecular formula is C26H31N3O2S. The van der Waals surface area contributed by atoms with E-state index in [4.69, 9.17) is 5.10 Å². The van der Waals surface area contributed by atoms with Crippen LogP contribution in [-0.2, 0) is 15.4 Å². The van der Waals surface area contributed by atoms with Gasteiger partial charge < -0.3 is 0 Å². The van der Waals surface area contributed by atoms with Gasteiger partial charge in [0.2, 0.25) is 10.0 Å². The predicted octanol–water partition coefficient (Wildman–Crippen LogP) is 5.18. The predicted molar refractivity (Wildman–Crippen MR) is 129 cm³/mol. The Kier molecular flexibility index (Phi) is 5.86. The van der Waals surface area contributed by atoms with Crippen LogP contribution >= 0.6 is 0 Å². The molecule has 0 spiro atoms. The lowest BCUT2D eigenvalue weighted by Gasteiger charge is -2.19. The summed E-state index contributed by atoms with van der Waals surface area (Å²) in [6.45, 7) is 10.7. The molecule has 1 heterocycles. The number of hydrogen-bond acceptors (Lipinski definition) is 3. The molecule has 168 valence electrons. The Hall–Kier alpha value is -2.70. The minimum atomic E-state index is -3.55. The Morgan fingerprint density at radius 1 is 0.969 bits per heavy atom. The van der Waals surface area contributed by atoms with E-state index in [1.165, 1.54) is 11.1 Å². The number of aromatic nitrogens is 2. The smallest absolute Gasteiger partial charge is 0.238 e.